The molecule has 0 bridgehead atoms. The Kier molecular flexibility index (Phi) is 7.80. The normalized spacial score (nSPS) is 12.8. The number of aromatic nitrogens is 1. The molecule has 0 aliphatic carbocycles. The lowest BCUT2D eigenvalue weighted by Gasteiger charge is -2.28. The van der Waals surface area contributed by atoms with Gasteiger partial charge in [0.05, 0.1) is 17.6 Å². The van der Waals surface area contributed by atoms with Crippen LogP contribution in [0.3, 0.4) is 0 Å². The minimum absolute atomic E-state index is 0.270. The van der Waals surface area contributed by atoms with Gasteiger partial charge < -0.3 is 10.1 Å². The van der Waals surface area contributed by atoms with Crippen molar-refractivity contribution in [2.45, 2.75) is 45.8 Å². The average Bonchev–Trinajstić information content (AvgIpc) is 2.82. The standard InChI is InChI=1S/C28H29N3O3/c1-19(31-26(32)24-10-8-22(9-11-24)23-12-14-30-15-13-23)25(27(33)34-28(2,3)4)17-20-6-5-7-21(16-20)18-29/h5-16,19,25H,17H2,1-4H3,(H,31,32)/t19-,25-/m1/s1. The Balaban J connectivity index is 1.77. The Morgan fingerprint density at radius 3 is 2.29 bits per heavy atom. The van der Waals surface area contributed by atoms with Crippen LogP contribution < -0.4 is 5.32 Å². The maximum atomic E-state index is 13.0. The van der Waals surface area contributed by atoms with Gasteiger partial charge in [-0.25, -0.2) is 0 Å². The van der Waals surface area contributed by atoms with Crippen LogP contribution in [0.1, 0.15) is 49.2 Å². The zero-order chi connectivity index (χ0) is 24.7. The van der Waals surface area contributed by atoms with Gasteiger partial charge in [-0.15, -0.1) is 0 Å². The lowest BCUT2D eigenvalue weighted by molar-refractivity contribution is -0.160. The molecular formula is C28H29N3O3. The molecule has 1 amide bonds. The predicted molar refractivity (Wildman–Crippen MR) is 131 cm³/mol. The van der Waals surface area contributed by atoms with E-state index in [1.54, 1.807) is 49.6 Å². The molecule has 34 heavy (non-hydrogen) atoms. The molecule has 2 atom stereocenters. The van der Waals surface area contributed by atoms with Crippen LogP contribution in [0, 0.1) is 17.2 Å². The number of hydrogen-bond acceptors (Lipinski definition) is 5. The van der Waals surface area contributed by atoms with E-state index >= 15 is 0 Å². The topological polar surface area (TPSA) is 92.1 Å². The second kappa shape index (κ2) is 10.8. The van der Waals surface area contributed by atoms with Gasteiger partial charge in [-0.3, -0.25) is 14.6 Å². The number of nitrogens with one attached hydrogen (secondary N) is 1. The van der Waals surface area contributed by atoms with E-state index in [0.29, 0.717) is 17.5 Å². The van der Waals surface area contributed by atoms with Crippen molar-refractivity contribution in [3.8, 4) is 17.2 Å². The van der Waals surface area contributed by atoms with Crippen LogP contribution in [0.4, 0.5) is 0 Å². The van der Waals surface area contributed by atoms with Crippen LogP contribution in [-0.4, -0.2) is 28.5 Å². The van der Waals surface area contributed by atoms with Crippen LogP contribution in [0.2, 0.25) is 0 Å². The number of nitrogens with zero attached hydrogens (tertiary/aromatic N) is 2. The summed E-state index contributed by atoms with van der Waals surface area (Å²) in [7, 11) is 0. The van der Waals surface area contributed by atoms with Gasteiger partial charge in [-0.2, -0.15) is 5.26 Å². The van der Waals surface area contributed by atoms with Crippen LogP contribution in [0.15, 0.2) is 73.1 Å². The SMILES string of the molecule is C[C@@H](NC(=O)c1ccc(-c2ccncc2)cc1)[C@@H](Cc1cccc(C#N)c1)C(=O)OC(C)(C)C. The molecule has 1 heterocycles. The number of carbonyl (C=O) groups excluding carboxylic acids is 2. The zero-order valence-corrected chi connectivity index (χ0v) is 19.9. The van der Waals surface area contributed by atoms with Crippen molar-refractivity contribution in [3.63, 3.8) is 0 Å². The highest BCUT2D eigenvalue weighted by atomic mass is 16.6. The smallest absolute Gasteiger partial charge is 0.311 e. The minimum atomic E-state index is -0.656. The summed E-state index contributed by atoms with van der Waals surface area (Å²) >= 11 is 0. The quantitative estimate of drug-likeness (QED) is 0.510. The van der Waals surface area contributed by atoms with Crippen LogP contribution in [0.25, 0.3) is 11.1 Å². The van der Waals surface area contributed by atoms with Crippen molar-refractivity contribution in [3.05, 3.63) is 89.7 Å². The van der Waals surface area contributed by atoms with Crippen LogP contribution >= 0.6 is 0 Å². The van der Waals surface area contributed by atoms with Gasteiger partial charge in [0.2, 0.25) is 0 Å². The molecule has 3 aromatic rings. The lowest BCUT2D eigenvalue weighted by Crippen LogP contribution is -2.44. The van der Waals surface area contributed by atoms with E-state index in [1.165, 1.54) is 0 Å². The number of nitriles is 1. The van der Waals surface area contributed by atoms with Gasteiger partial charge in [0.15, 0.2) is 0 Å². The monoisotopic (exact) mass is 455 g/mol. The number of rotatable bonds is 7. The molecule has 6 heteroatoms. The van der Waals surface area contributed by atoms with Gasteiger partial charge in [-0.05, 0) is 87.2 Å². The largest absolute Gasteiger partial charge is 0.460 e. The molecule has 1 aromatic heterocycles. The fourth-order valence-electron chi connectivity index (χ4n) is 3.61. The summed E-state index contributed by atoms with van der Waals surface area (Å²) in [5, 5.41) is 12.2. The Bertz CT molecular complexity index is 1180. The van der Waals surface area contributed by atoms with E-state index < -0.39 is 23.5 Å². The number of esters is 1. The molecule has 0 aliphatic rings. The van der Waals surface area contributed by atoms with Crippen molar-refractivity contribution < 1.29 is 14.3 Å². The van der Waals surface area contributed by atoms with Crippen molar-refractivity contribution >= 4 is 11.9 Å². The van der Waals surface area contributed by atoms with Crippen LogP contribution in [0.5, 0.6) is 0 Å². The number of ether oxygens (including phenoxy) is 1. The van der Waals surface area contributed by atoms with E-state index in [2.05, 4.69) is 16.4 Å². The second-order valence-electron chi connectivity index (χ2n) is 9.23. The van der Waals surface area contributed by atoms with E-state index in [4.69, 9.17) is 4.74 Å². The predicted octanol–water partition coefficient (Wildman–Crippen LogP) is 4.94. The molecule has 0 aliphatic heterocycles. The highest BCUT2D eigenvalue weighted by Gasteiger charge is 2.31. The summed E-state index contributed by atoms with van der Waals surface area (Å²) in [6, 6.07) is 19.8. The summed E-state index contributed by atoms with van der Waals surface area (Å²) in [5.41, 5.74) is 3.19. The number of amides is 1. The molecule has 2 aromatic carbocycles. The fraction of sp³-hybridized carbons (Fsp3) is 0.286. The third-order valence-electron chi connectivity index (χ3n) is 5.34. The van der Waals surface area contributed by atoms with E-state index in [9.17, 15) is 14.9 Å². The van der Waals surface area contributed by atoms with Crippen molar-refractivity contribution in [1.82, 2.24) is 10.3 Å². The third-order valence-corrected chi connectivity index (χ3v) is 5.34. The molecule has 0 saturated heterocycles. The highest BCUT2D eigenvalue weighted by Crippen LogP contribution is 2.21. The summed E-state index contributed by atoms with van der Waals surface area (Å²) < 4.78 is 5.64. The fourth-order valence-corrected chi connectivity index (χ4v) is 3.61. The van der Waals surface area contributed by atoms with Gasteiger partial charge in [0.25, 0.3) is 5.91 Å². The van der Waals surface area contributed by atoms with Gasteiger partial charge in [-0.1, -0.05) is 24.3 Å². The zero-order valence-electron chi connectivity index (χ0n) is 19.9. The summed E-state index contributed by atoms with van der Waals surface area (Å²) in [4.78, 5) is 30.0. The summed E-state index contributed by atoms with van der Waals surface area (Å²) in [6.45, 7) is 7.23. The molecule has 1 N–H and O–H groups in total. The van der Waals surface area contributed by atoms with E-state index in [-0.39, 0.29) is 5.91 Å². The molecular weight excluding hydrogens is 426 g/mol. The van der Waals surface area contributed by atoms with Gasteiger partial charge >= 0.3 is 5.97 Å². The van der Waals surface area contributed by atoms with Gasteiger partial charge in [0.1, 0.15) is 5.60 Å². The van der Waals surface area contributed by atoms with Crippen molar-refractivity contribution in [1.29, 1.82) is 5.26 Å². The first-order chi connectivity index (χ1) is 16.2. The number of pyridine rings is 1. The molecule has 6 nitrogen and oxygen atoms in total. The van der Waals surface area contributed by atoms with Gasteiger partial charge in [0, 0.05) is 24.0 Å². The minimum Gasteiger partial charge on any atom is -0.460 e. The number of hydrogen-bond donors (Lipinski definition) is 1. The Morgan fingerprint density at radius 2 is 1.68 bits per heavy atom. The lowest BCUT2D eigenvalue weighted by atomic mass is 9.91. The number of benzene rings is 2. The summed E-state index contributed by atoms with van der Waals surface area (Å²) in [6.07, 6.45) is 3.79. The Labute approximate surface area is 200 Å². The molecule has 0 spiro atoms. The van der Waals surface area contributed by atoms with Crippen molar-refractivity contribution in [2.75, 3.05) is 0 Å². The molecule has 3 rings (SSSR count). The Morgan fingerprint density at radius 1 is 1.03 bits per heavy atom. The first kappa shape index (κ1) is 24.7. The maximum absolute atomic E-state index is 13.0. The highest BCUT2D eigenvalue weighted by molar-refractivity contribution is 5.95. The molecule has 0 unspecified atom stereocenters. The van der Waals surface area contributed by atoms with E-state index in [1.807, 2.05) is 51.1 Å². The first-order valence-electron chi connectivity index (χ1n) is 11.2. The van der Waals surface area contributed by atoms with Crippen LogP contribution in [-0.2, 0) is 16.0 Å². The van der Waals surface area contributed by atoms with Crippen molar-refractivity contribution in [2.24, 2.45) is 5.92 Å². The summed E-state index contributed by atoms with van der Waals surface area (Å²) in [5.74, 6) is -1.28. The average molecular weight is 456 g/mol. The molecule has 174 valence electrons. The third kappa shape index (κ3) is 6.76. The Hall–Kier alpha value is -3.98. The van der Waals surface area contributed by atoms with E-state index in [0.717, 1.165) is 16.7 Å². The molecule has 0 saturated carbocycles. The number of carbonyl (C=O) groups is 2. The molecule has 0 fully saturated rings. The maximum Gasteiger partial charge on any atom is 0.311 e. The molecule has 0 radical (unpaired) electrons. The first-order valence-corrected chi connectivity index (χ1v) is 11.2. The second-order valence-corrected chi connectivity index (χ2v) is 9.23.